The van der Waals surface area contributed by atoms with Gasteiger partial charge in [0.25, 0.3) is 17.7 Å². The monoisotopic (exact) mass is 494 g/mol. The summed E-state index contributed by atoms with van der Waals surface area (Å²) in [5, 5.41) is -0.567. The second-order valence-corrected chi connectivity index (χ2v) is 9.38. The summed E-state index contributed by atoms with van der Waals surface area (Å²) in [5.41, 5.74) is 1.98. The highest BCUT2D eigenvalue weighted by Gasteiger charge is 2.60. The molecule has 3 amide bonds. The predicted octanol–water partition coefficient (Wildman–Crippen LogP) is 2.60. The summed E-state index contributed by atoms with van der Waals surface area (Å²) in [6, 6.07) is 10.9. The van der Waals surface area contributed by atoms with Crippen LogP contribution in [-0.2, 0) is 20.9 Å². The van der Waals surface area contributed by atoms with Crippen molar-refractivity contribution < 1.29 is 33.4 Å². The summed E-state index contributed by atoms with van der Waals surface area (Å²) in [6.45, 7) is 1.79. The van der Waals surface area contributed by atoms with Crippen molar-refractivity contribution in [2.45, 2.75) is 24.9 Å². The number of hydrogen-bond acceptors (Lipinski definition) is 8. The number of ether oxygens (including phenoxy) is 3. The fourth-order valence-corrected chi connectivity index (χ4v) is 5.82. The molecule has 3 aliphatic heterocycles. The molecular formula is C25H22N2O7S. The van der Waals surface area contributed by atoms with Crippen LogP contribution in [0.1, 0.15) is 33.2 Å². The van der Waals surface area contributed by atoms with Crippen LogP contribution in [0.5, 0.6) is 11.5 Å². The molecule has 0 saturated carbocycles. The van der Waals surface area contributed by atoms with Gasteiger partial charge < -0.3 is 14.2 Å². The van der Waals surface area contributed by atoms with Gasteiger partial charge in [-0.25, -0.2) is 4.79 Å². The van der Waals surface area contributed by atoms with E-state index in [1.807, 2.05) is 0 Å². The van der Waals surface area contributed by atoms with Gasteiger partial charge in [0, 0.05) is 5.75 Å². The van der Waals surface area contributed by atoms with Gasteiger partial charge in [0.2, 0.25) is 0 Å². The second-order valence-electron chi connectivity index (χ2n) is 8.27. The molecule has 5 rings (SSSR count). The summed E-state index contributed by atoms with van der Waals surface area (Å²) >= 11 is 1.40. The molecule has 3 aliphatic rings. The molecule has 1 unspecified atom stereocenters. The van der Waals surface area contributed by atoms with E-state index in [4.69, 9.17) is 14.2 Å². The number of carbonyl (C=O) groups is 4. The van der Waals surface area contributed by atoms with E-state index < -0.39 is 35.1 Å². The fourth-order valence-electron chi connectivity index (χ4n) is 4.48. The number of nitrogens with zero attached hydrogens (tertiary/aromatic N) is 2. The van der Waals surface area contributed by atoms with Crippen LogP contribution in [0, 0.1) is 0 Å². The number of β-lactam (4-membered cyclic amide) rings is 1. The van der Waals surface area contributed by atoms with Gasteiger partial charge in [0.15, 0.2) is 0 Å². The van der Waals surface area contributed by atoms with E-state index in [0.717, 1.165) is 10.5 Å². The Morgan fingerprint density at radius 2 is 1.74 bits per heavy atom. The lowest BCUT2D eigenvalue weighted by Gasteiger charge is -2.51. The van der Waals surface area contributed by atoms with E-state index in [-0.39, 0.29) is 29.2 Å². The van der Waals surface area contributed by atoms with Crippen LogP contribution in [0.25, 0.3) is 0 Å². The third-order valence-corrected chi connectivity index (χ3v) is 7.67. The molecule has 2 atom stereocenters. The quantitative estimate of drug-likeness (QED) is 0.343. The number of carbonyl (C=O) groups excluding carboxylic acids is 4. The Labute approximate surface area is 205 Å². The van der Waals surface area contributed by atoms with Crippen molar-refractivity contribution >= 4 is 35.5 Å². The molecule has 2 aromatic carbocycles. The second kappa shape index (κ2) is 8.77. The molecule has 0 aliphatic carbocycles. The minimum Gasteiger partial charge on any atom is -0.497 e. The van der Waals surface area contributed by atoms with E-state index in [9.17, 15) is 19.2 Å². The van der Waals surface area contributed by atoms with Gasteiger partial charge in [-0.1, -0.05) is 18.2 Å². The van der Waals surface area contributed by atoms with Crippen LogP contribution < -0.4 is 9.47 Å². The van der Waals surface area contributed by atoms with Crippen LogP contribution in [0.2, 0.25) is 0 Å². The first kappa shape index (κ1) is 23.0. The van der Waals surface area contributed by atoms with E-state index in [1.165, 1.54) is 23.8 Å². The van der Waals surface area contributed by atoms with Gasteiger partial charge in [-0.3, -0.25) is 24.2 Å². The Hall–Kier alpha value is -3.79. The van der Waals surface area contributed by atoms with Crippen molar-refractivity contribution in [2.75, 3.05) is 20.0 Å². The number of methoxy groups -OCH3 is 2. The molecule has 3 heterocycles. The maximum absolute atomic E-state index is 13.3. The minimum atomic E-state index is -1.01. The first-order valence-corrected chi connectivity index (χ1v) is 11.9. The SMILES string of the molecule is COc1ccc(COC(=O)C2=C(C)CS[C@@H]3C(N4C(=O)c5cccc(OC)c5C4=O)C(=O)N23)cc1. The molecule has 2 aromatic rings. The van der Waals surface area contributed by atoms with Crippen molar-refractivity contribution in [3.05, 3.63) is 70.4 Å². The normalized spacial score (nSPS) is 20.9. The Balaban J connectivity index is 1.34. The average molecular weight is 495 g/mol. The number of esters is 1. The molecule has 0 radical (unpaired) electrons. The standard InChI is InChI=1S/C25H22N2O7S/c1-13-12-35-24-20(26-21(28)16-5-4-6-17(33-3)18(16)22(26)29)23(30)27(24)19(13)25(31)34-11-14-7-9-15(32-2)10-8-14/h4-10,20,24H,11-12H2,1-3H3/t20?,24-/m1/s1. The van der Waals surface area contributed by atoms with Crippen molar-refractivity contribution in [1.82, 2.24) is 9.80 Å². The first-order valence-electron chi connectivity index (χ1n) is 10.9. The van der Waals surface area contributed by atoms with Crippen molar-refractivity contribution in [2.24, 2.45) is 0 Å². The molecule has 0 N–H and O–H groups in total. The van der Waals surface area contributed by atoms with Gasteiger partial charge >= 0.3 is 5.97 Å². The van der Waals surface area contributed by atoms with E-state index >= 15 is 0 Å². The number of amides is 3. The maximum atomic E-state index is 13.3. The first-order chi connectivity index (χ1) is 16.9. The highest BCUT2D eigenvalue weighted by molar-refractivity contribution is 8.00. The fraction of sp³-hybridized carbons (Fsp3) is 0.280. The molecule has 10 heteroatoms. The third-order valence-electron chi connectivity index (χ3n) is 6.26. The highest BCUT2D eigenvalue weighted by atomic mass is 32.2. The van der Waals surface area contributed by atoms with Crippen molar-refractivity contribution in [1.29, 1.82) is 0 Å². The number of fused-ring (bicyclic) bond motifs is 2. The number of thioether (sulfide) groups is 1. The molecular weight excluding hydrogens is 472 g/mol. The number of benzene rings is 2. The van der Waals surface area contributed by atoms with Crippen LogP contribution in [0.3, 0.4) is 0 Å². The molecule has 180 valence electrons. The van der Waals surface area contributed by atoms with E-state index in [2.05, 4.69) is 0 Å². The molecule has 0 spiro atoms. The molecule has 35 heavy (non-hydrogen) atoms. The topological polar surface area (TPSA) is 102 Å². The Morgan fingerprint density at radius 3 is 2.43 bits per heavy atom. The minimum absolute atomic E-state index is 0.0288. The average Bonchev–Trinajstić information content (AvgIpc) is 3.12. The zero-order valence-corrected chi connectivity index (χ0v) is 20.1. The lowest BCUT2D eigenvalue weighted by Crippen LogP contribution is -2.71. The van der Waals surface area contributed by atoms with Gasteiger partial charge in [0.1, 0.15) is 35.2 Å². The molecule has 1 saturated heterocycles. The summed E-state index contributed by atoms with van der Waals surface area (Å²) in [6.07, 6.45) is 0. The van der Waals surface area contributed by atoms with Crippen molar-refractivity contribution in [3.8, 4) is 11.5 Å². The Morgan fingerprint density at radius 1 is 1.00 bits per heavy atom. The van der Waals surface area contributed by atoms with Gasteiger partial charge in [0.05, 0.1) is 25.3 Å². The Bertz CT molecular complexity index is 1290. The van der Waals surface area contributed by atoms with Gasteiger partial charge in [-0.2, -0.15) is 0 Å². The lowest BCUT2D eigenvalue weighted by molar-refractivity contribution is -0.154. The zero-order chi connectivity index (χ0) is 24.9. The molecule has 0 aromatic heterocycles. The zero-order valence-electron chi connectivity index (χ0n) is 19.3. The molecule has 1 fully saturated rings. The Kier molecular flexibility index (Phi) is 5.76. The van der Waals surface area contributed by atoms with Crippen molar-refractivity contribution in [3.63, 3.8) is 0 Å². The van der Waals surface area contributed by atoms with E-state index in [0.29, 0.717) is 17.1 Å². The van der Waals surface area contributed by atoms with E-state index in [1.54, 1.807) is 56.5 Å². The van der Waals surface area contributed by atoms with Gasteiger partial charge in [-0.15, -0.1) is 11.8 Å². The number of hydrogen-bond donors (Lipinski definition) is 0. The van der Waals surface area contributed by atoms with Crippen LogP contribution in [0.15, 0.2) is 53.7 Å². The smallest absolute Gasteiger partial charge is 0.355 e. The summed E-state index contributed by atoms with van der Waals surface area (Å²) in [4.78, 5) is 54.8. The molecule has 0 bridgehead atoms. The molecule has 9 nitrogen and oxygen atoms in total. The van der Waals surface area contributed by atoms with Crippen LogP contribution in [-0.4, -0.2) is 64.9 Å². The summed E-state index contributed by atoms with van der Waals surface area (Å²) < 4.78 is 15.9. The summed E-state index contributed by atoms with van der Waals surface area (Å²) in [5.74, 6) is -0.806. The third kappa shape index (κ3) is 3.56. The summed E-state index contributed by atoms with van der Waals surface area (Å²) in [7, 11) is 2.98. The van der Waals surface area contributed by atoms with Gasteiger partial charge in [-0.05, 0) is 42.3 Å². The maximum Gasteiger partial charge on any atom is 0.355 e. The highest BCUT2D eigenvalue weighted by Crippen LogP contribution is 2.45. The van der Waals surface area contributed by atoms with Crippen LogP contribution in [0.4, 0.5) is 0 Å². The predicted molar refractivity (Wildman–Crippen MR) is 126 cm³/mol. The largest absolute Gasteiger partial charge is 0.497 e. The number of imide groups is 1. The van der Waals surface area contributed by atoms with Crippen LogP contribution >= 0.6 is 11.8 Å². The number of rotatable bonds is 6. The lowest BCUT2D eigenvalue weighted by atomic mass is 10.0.